The summed E-state index contributed by atoms with van der Waals surface area (Å²) in [7, 11) is 1.45. The van der Waals surface area contributed by atoms with E-state index in [1.807, 2.05) is 12.1 Å². The van der Waals surface area contributed by atoms with Crippen molar-refractivity contribution in [2.45, 2.75) is 20.3 Å². The zero-order valence-electron chi connectivity index (χ0n) is 11.2. The number of nitriles is 2. The van der Waals surface area contributed by atoms with Crippen LogP contribution < -0.4 is 10.1 Å². The molecule has 0 heterocycles. The second-order valence-corrected chi connectivity index (χ2v) is 4.28. The van der Waals surface area contributed by atoms with Crippen molar-refractivity contribution in [3.63, 3.8) is 0 Å². The number of ether oxygens (including phenoxy) is 1. The molecule has 5 heteroatoms. The molecule has 0 aliphatic rings. The van der Waals surface area contributed by atoms with Gasteiger partial charge in [0.1, 0.15) is 11.2 Å². The molecular weight excluding hydrogens is 242 g/mol. The van der Waals surface area contributed by atoms with Gasteiger partial charge in [-0.3, -0.25) is 4.79 Å². The SMILES string of the molecule is CCC(C)(C#N)C(=O)Nc1ccc(C#N)cc1OC. The summed E-state index contributed by atoms with van der Waals surface area (Å²) in [5.41, 5.74) is -0.200. The van der Waals surface area contributed by atoms with E-state index in [2.05, 4.69) is 5.32 Å². The van der Waals surface area contributed by atoms with Crippen LogP contribution in [0.4, 0.5) is 5.69 Å². The molecule has 0 saturated carbocycles. The van der Waals surface area contributed by atoms with E-state index < -0.39 is 5.41 Å². The van der Waals surface area contributed by atoms with Gasteiger partial charge in [0.15, 0.2) is 0 Å². The second-order valence-electron chi connectivity index (χ2n) is 4.28. The van der Waals surface area contributed by atoms with E-state index in [9.17, 15) is 4.79 Å². The first-order valence-corrected chi connectivity index (χ1v) is 5.81. The maximum atomic E-state index is 12.1. The summed E-state index contributed by atoms with van der Waals surface area (Å²) in [5.74, 6) is 0.00398. The number of carbonyl (C=O) groups excluding carboxylic acids is 1. The summed E-state index contributed by atoms with van der Waals surface area (Å²) in [6, 6.07) is 8.69. The van der Waals surface area contributed by atoms with Gasteiger partial charge in [0, 0.05) is 6.07 Å². The number of carbonyl (C=O) groups is 1. The molecule has 0 aliphatic carbocycles. The molecule has 1 aromatic carbocycles. The lowest BCUT2D eigenvalue weighted by atomic mass is 9.88. The Hall–Kier alpha value is -2.53. The highest BCUT2D eigenvalue weighted by Gasteiger charge is 2.31. The van der Waals surface area contributed by atoms with Crippen LogP contribution in [0.1, 0.15) is 25.8 Å². The third kappa shape index (κ3) is 3.02. The lowest BCUT2D eigenvalue weighted by Crippen LogP contribution is -2.31. The Morgan fingerprint density at radius 2 is 2.16 bits per heavy atom. The highest BCUT2D eigenvalue weighted by Crippen LogP contribution is 2.28. The van der Waals surface area contributed by atoms with Crippen molar-refractivity contribution in [2.24, 2.45) is 5.41 Å². The molecule has 19 heavy (non-hydrogen) atoms. The van der Waals surface area contributed by atoms with Crippen LogP contribution in [0.3, 0.4) is 0 Å². The largest absolute Gasteiger partial charge is 0.495 e. The minimum Gasteiger partial charge on any atom is -0.495 e. The molecule has 1 atom stereocenters. The zero-order chi connectivity index (χ0) is 14.5. The average molecular weight is 257 g/mol. The number of anilines is 1. The molecule has 0 aromatic heterocycles. The topological polar surface area (TPSA) is 85.9 Å². The van der Waals surface area contributed by atoms with Crippen LogP contribution in [-0.2, 0) is 4.79 Å². The number of rotatable bonds is 4. The summed E-state index contributed by atoms with van der Waals surface area (Å²) in [6.45, 7) is 3.36. The Kier molecular flexibility index (Phi) is 4.50. The average Bonchev–Trinajstić information content (AvgIpc) is 2.46. The Labute approximate surface area is 112 Å². The highest BCUT2D eigenvalue weighted by atomic mass is 16.5. The predicted octanol–water partition coefficient (Wildman–Crippen LogP) is 2.45. The lowest BCUT2D eigenvalue weighted by molar-refractivity contribution is -0.122. The molecule has 1 amide bonds. The van der Waals surface area contributed by atoms with Gasteiger partial charge in [-0.1, -0.05) is 6.92 Å². The van der Waals surface area contributed by atoms with Crippen molar-refractivity contribution in [1.29, 1.82) is 10.5 Å². The summed E-state index contributed by atoms with van der Waals surface area (Å²) in [6.07, 6.45) is 0.411. The van der Waals surface area contributed by atoms with Gasteiger partial charge in [0.25, 0.3) is 0 Å². The quantitative estimate of drug-likeness (QED) is 0.897. The minimum atomic E-state index is -1.08. The molecular formula is C14H15N3O2. The van der Waals surface area contributed by atoms with Gasteiger partial charge in [-0.15, -0.1) is 0 Å². The summed E-state index contributed by atoms with van der Waals surface area (Å²) >= 11 is 0. The van der Waals surface area contributed by atoms with E-state index in [0.29, 0.717) is 23.4 Å². The van der Waals surface area contributed by atoms with Gasteiger partial charge >= 0.3 is 0 Å². The maximum Gasteiger partial charge on any atom is 0.244 e. The van der Waals surface area contributed by atoms with Crippen LogP contribution in [0.25, 0.3) is 0 Å². The highest BCUT2D eigenvalue weighted by molar-refractivity contribution is 5.98. The molecule has 5 nitrogen and oxygen atoms in total. The number of nitrogens with zero attached hydrogens (tertiary/aromatic N) is 2. The monoisotopic (exact) mass is 257 g/mol. The molecule has 1 unspecified atom stereocenters. The molecule has 0 spiro atoms. The molecule has 0 bridgehead atoms. The molecule has 1 aromatic rings. The van der Waals surface area contributed by atoms with Gasteiger partial charge in [0.05, 0.1) is 30.5 Å². The lowest BCUT2D eigenvalue weighted by Gasteiger charge is -2.19. The minimum absolute atomic E-state index is 0.388. The summed E-state index contributed by atoms with van der Waals surface area (Å²) in [4.78, 5) is 12.1. The zero-order valence-corrected chi connectivity index (χ0v) is 11.2. The smallest absolute Gasteiger partial charge is 0.244 e. The summed E-state index contributed by atoms with van der Waals surface area (Å²) < 4.78 is 5.12. The summed E-state index contributed by atoms with van der Waals surface area (Å²) in [5, 5.41) is 20.5. The van der Waals surface area contributed by atoms with Crippen molar-refractivity contribution in [3.05, 3.63) is 23.8 Å². The Morgan fingerprint density at radius 3 is 2.63 bits per heavy atom. The standard InChI is InChI=1S/C14H15N3O2/c1-4-14(2,9-16)13(18)17-11-6-5-10(8-15)7-12(11)19-3/h5-7H,4H2,1-3H3,(H,17,18). The number of amides is 1. The van der Waals surface area contributed by atoms with Crippen LogP contribution in [0, 0.1) is 28.1 Å². The van der Waals surface area contributed by atoms with Gasteiger partial charge in [-0.2, -0.15) is 10.5 Å². The van der Waals surface area contributed by atoms with E-state index in [1.165, 1.54) is 13.2 Å². The normalized spacial score (nSPS) is 12.7. The van der Waals surface area contributed by atoms with E-state index in [4.69, 9.17) is 15.3 Å². The van der Waals surface area contributed by atoms with Crippen molar-refractivity contribution in [1.82, 2.24) is 0 Å². The van der Waals surface area contributed by atoms with E-state index in [1.54, 1.807) is 26.0 Å². The Bertz CT molecular complexity index is 569. The first kappa shape index (κ1) is 14.5. The fourth-order valence-electron chi connectivity index (χ4n) is 1.41. The van der Waals surface area contributed by atoms with Crippen LogP contribution in [0.2, 0.25) is 0 Å². The predicted molar refractivity (Wildman–Crippen MR) is 70.3 cm³/mol. The molecule has 0 radical (unpaired) electrons. The number of hydrogen-bond acceptors (Lipinski definition) is 4. The van der Waals surface area contributed by atoms with Crippen molar-refractivity contribution in [3.8, 4) is 17.9 Å². The van der Waals surface area contributed by atoms with Crippen molar-refractivity contribution < 1.29 is 9.53 Å². The first-order chi connectivity index (χ1) is 9.00. The maximum absolute atomic E-state index is 12.1. The van der Waals surface area contributed by atoms with E-state index in [-0.39, 0.29) is 5.91 Å². The van der Waals surface area contributed by atoms with Crippen LogP contribution in [0.15, 0.2) is 18.2 Å². The molecule has 1 rings (SSSR count). The first-order valence-electron chi connectivity index (χ1n) is 5.81. The number of hydrogen-bond donors (Lipinski definition) is 1. The van der Waals surface area contributed by atoms with Gasteiger partial charge in [-0.05, 0) is 25.5 Å². The van der Waals surface area contributed by atoms with Crippen molar-refractivity contribution in [2.75, 3.05) is 12.4 Å². The number of benzene rings is 1. The third-order valence-electron chi connectivity index (χ3n) is 3.03. The van der Waals surface area contributed by atoms with Crippen LogP contribution in [-0.4, -0.2) is 13.0 Å². The van der Waals surface area contributed by atoms with Gasteiger partial charge in [-0.25, -0.2) is 0 Å². The second kappa shape index (κ2) is 5.88. The molecule has 0 fully saturated rings. The molecule has 1 N–H and O–H groups in total. The van der Waals surface area contributed by atoms with E-state index in [0.717, 1.165) is 0 Å². The van der Waals surface area contributed by atoms with Gasteiger partial charge < -0.3 is 10.1 Å². The van der Waals surface area contributed by atoms with E-state index >= 15 is 0 Å². The Morgan fingerprint density at radius 1 is 1.47 bits per heavy atom. The molecule has 98 valence electrons. The molecule has 0 aliphatic heterocycles. The number of methoxy groups -OCH3 is 1. The van der Waals surface area contributed by atoms with Crippen LogP contribution in [0.5, 0.6) is 5.75 Å². The third-order valence-corrected chi connectivity index (χ3v) is 3.03. The fraction of sp³-hybridized carbons (Fsp3) is 0.357. The van der Waals surface area contributed by atoms with Gasteiger partial charge in [0.2, 0.25) is 5.91 Å². The van der Waals surface area contributed by atoms with Crippen molar-refractivity contribution >= 4 is 11.6 Å². The van der Waals surface area contributed by atoms with Crippen LogP contribution >= 0.6 is 0 Å². The number of nitrogens with one attached hydrogen (secondary N) is 1. The fourth-order valence-corrected chi connectivity index (χ4v) is 1.41. The molecule has 0 saturated heterocycles. The Balaban J connectivity index is 3.05.